The molecule has 0 aromatic carbocycles. The van der Waals surface area contributed by atoms with E-state index in [-0.39, 0.29) is 11.9 Å². The number of imidazole rings is 1. The van der Waals surface area contributed by atoms with Crippen molar-refractivity contribution in [3.63, 3.8) is 0 Å². The van der Waals surface area contributed by atoms with Crippen LogP contribution in [0.25, 0.3) is 0 Å². The number of primary amides is 1. The lowest BCUT2D eigenvalue weighted by atomic mass is 10.2. The molecule has 1 amide bonds. The summed E-state index contributed by atoms with van der Waals surface area (Å²) in [5.74, 6) is -0.299. The Labute approximate surface area is 83.3 Å². The summed E-state index contributed by atoms with van der Waals surface area (Å²) in [7, 11) is 0. The Morgan fingerprint density at radius 1 is 1.71 bits per heavy atom. The van der Waals surface area contributed by atoms with Crippen LogP contribution in [-0.2, 0) is 11.3 Å². The van der Waals surface area contributed by atoms with Crippen LogP contribution in [0.15, 0.2) is 18.7 Å². The van der Waals surface area contributed by atoms with E-state index in [9.17, 15) is 4.79 Å². The van der Waals surface area contributed by atoms with E-state index in [1.807, 2.05) is 17.7 Å². The van der Waals surface area contributed by atoms with Gasteiger partial charge in [0.2, 0.25) is 5.91 Å². The molecule has 0 radical (unpaired) electrons. The minimum absolute atomic E-state index is 0.248. The van der Waals surface area contributed by atoms with E-state index in [1.54, 1.807) is 12.5 Å². The highest BCUT2D eigenvalue weighted by Gasteiger charge is 2.12. The van der Waals surface area contributed by atoms with E-state index in [1.165, 1.54) is 0 Å². The largest absolute Gasteiger partial charge is 0.368 e. The molecule has 0 saturated carbocycles. The topological polar surface area (TPSA) is 72.9 Å². The maximum absolute atomic E-state index is 11.0. The summed E-state index contributed by atoms with van der Waals surface area (Å²) >= 11 is 0. The summed E-state index contributed by atoms with van der Waals surface area (Å²) in [6.45, 7) is 3.45. The molecule has 1 aromatic heterocycles. The van der Waals surface area contributed by atoms with Gasteiger partial charge in [-0.2, -0.15) is 0 Å². The van der Waals surface area contributed by atoms with Gasteiger partial charge in [0.25, 0.3) is 0 Å². The Balaban J connectivity index is 2.37. The molecule has 5 nitrogen and oxygen atoms in total. The van der Waals surface area contributed by atoms with Gasteiger partial charge in [0.15, 0.2) is 0 Å². The predicted octanol–water partition coefficient (Wildman–Crippen LogP) is -0.263. The average molecular weight is 196 g/mol. The molecule has 1 unspecified atom stereocenters. The molecule has 3 N–H and O–H groups in total. The Bertz CT molecular complexity index is 270. The number of likely N-dealkylation sites (N-methyl/N-ethyl adjacent to an activating group) is 1. The van der Waals surface area contributed by atoms with Crippen molar-refractivity contribution < 1.29 is 4.79 Å². The maximum Gasteiger partial charge on any atom is 0.234 e. The van der Waals surface area contributed by atoms with Gasteiger partial charge in [-0.25, -0.2) is 4.98 Å². The number of amides is 1. The van der Waals surface area contributed by atoms with Crippen LogP contribution >= 0.6 is 0 Å². The SMILES string of the molecule is CCNC(CCn1ccnc1)C(N)=O. The lowest BCUT2D eigenvalue weighted by Gasteiger charge is -2.13. The average Bonchev–Trinajstić information content (AvgIpc) is 2.64. The van der Waals surface area contributed by atoms with Gasteiger partial charge in [0.1, 0.15) is 0 Å². The van der Waals surface area contributed by atoms with Crippen LogP contribution in [0.3, 0.4) is 0 Å². The van der Waals surface area contributed by atoms with Gasteiger partial charge >= 0.3 is 0 Å². The number of nitrogens with one attached hydrogen (secondary N) is 1. The molecule has 5 heteroatoms. The van der Waals surface area contributed by atoms with E-state index >= 15 is 0 Å². The van der Waals surface area contributed by atoms with Crippen molar-refractivity contribution in [2.24, 2.45) is 5.73 Å². The van der Waals surface area contributed by atoms with E-state index in [0.29, 0.717) is 6.42 Å². The quantitative estimate of drug-likeness (QED) is 0.658. The van der Waals surface area contributed by atoms with Gasteiger partial charge < -0.3 is 15.6 Å². The molecule has 0 aliphatic rings. The number of hydrogen-bond donors (Lipinski definition) is 2. The van der Waals surface area contributed by atoms with E-state index in [4.69, 9.17) is 5.73 Å². The molecule has 78 valence electrons. The zero-order chi connectivity index (χ0) is 10.4. The molecule has 0 aliphatic heterocycles. The molecule has 1 aromatic rings. The normalized spacial score (nSPS) is 12.6. The zero-order valence-corrected chi connectivity index (χ0v) is 8.31. The van der Waals surface area contributed by atoms with Gasteiger partial charge in [0, 0.05) is 18.9 Å². The van der Waals surface area contributed by atoms with Crippen LogP contribution in [-0.4, -0.2) is 28.0 Å². The van der Waals surface area contributed by atoms with Crippen LogP contribution in [0.2, 0.25) is 0 Å². The van der Waals surface area contributed by atoms with Crippen molar-refractivity contribution in [1.82, 2.24) is 14.9 Å². The fourth-order valence-electron chi connectivity index (χ4n) is 1.29. The Hall–Kier alpha value is -1.36. The molecule has 14 heavy (non-hydrogen) atoms. The van der Waals surface area contributed by atoms with Gasteiger partial charge in [-0.15, -0.1) is 0 Å². The van der Waals surface area contributed by atoms with Crippen molar-refractivity contribution in [3.8, 4) is 0 Å². The minimum atomic E-state index is -0.299. The Kier molecular flexibility index (Phi) is 4.12. The third kappa shape index (κ3) is 3.18. The highest BCUT2D eigenvalue weighted by atomic mass is 16.1. The smallest absolute Gasteiger partial charge is 0.234 e. The molecule has 0 fully saturated rings. The van der Waals surface area contributed by atoms with E-state index in [2.05, 4.69) is 10.3 Å². The summed E-state index contributed by atoms with van der Waals surface area (Å²) in [5, 5.41) is 3.04. The highest BCUT2D eigenvalue weighted by molar-refractivity contribution is 5.79. The first-order valence-electron chi connectivity index (χ1n) is 4.72. The van der Waals surface area contributed by atoms with Gasteiger partial charge in [0.05, 0.1) is 12.4 Å². The molecule has 0 spiro atoms. The number of aryl methyl sites for hydroxylation is 1. The molecular weight excluding hydrogens is 180 g/mol. The van der Waals surface area contributed by atoms with Crippen LogP contribution < -0.4 is 11.1 Å². The van der Waals surface area contributed by atoms with Crippen LogP contribution in [0.1, 0.15) is 13.3 Å². The molecule has 1 heterocycles. The Morgan fingerprint density at radius 3 is 3.00 bits per heavy atom. The van der Waals surface area contributed by atoms with Crippen LogP contribution in [0.4, 0.5) is 0 Å². The van der Waals surface area contributed by atoms with Gasteiger partial charge in [-0.3, -0.25) is 4.79 Å². The molecule has 1 atom stereocenters. The predicted molar refractivity (Wildman–Crippen MR) is 53.5 cm³/mol. The van der Waals surface area contributed by atoms with Crippen molar-refractivity contribution in [1.29, 1.82) is 0 Å². The first-order valence-corrected chi connectivity index (χ1v) is 4.72. The second-order valence-corrected chi connectivity index (χ2v) is 3.10. The lowest BCUT2D eigenvalue weighted by Crippen LogP contribution is -2.41. The number of aromatic nitrogens is 2. The maximum atomic E-state index is 11.0. The molecular formula is C9H16N4O. The number of nitrogens with two attached hydrogens (primary N) is 1. The minimum Gasteiger partial charge on any atom is -0.368 e. The highest BCUT2D eigenvalue weighted by Crippen LogP contribution is 1.96. The van der Waals surface area contributed by atoms with Crippen molar-refractivity contribution >= 4 is 5.91 Å². The third-order valence-corrected chi connectivity index (χ3v) is 2.03. The third-order valence-electron chi connectivity index (χ3n) is 2.03. The monoisotopic (exact) mass is 196 g/mol. The number of nitrogens with zero attached hydrogens (tertiary/aromatic N) is 2. The van der Waals surface area contributed by atoms with Crippen molar-refractivity contribution in [2.45, 2.75) is 25.9 Å². The number of rotatable bonds is 6. The van der Waals surface area contributed by atoms with Gasteiger partial charge in [-0.1, -0.05) is 6.92 Å². The second kappa shape index (κ2) is 5.39. The lowest BCUT2D eigenvalue weighted by molar-refractivity contribution is -0.120. The number of carbonyl (C=O) groups excluding carboxylic acids is 1. The van der Waals surface area contributed by atoms with E-state index in [0.717, 1.165) is 13.1 Å². The summed E-state index contributed by atoms with van der Waals surface area (Å²) in [5.41, 5.74) is 5.24. The summed E-state index contributed by atoms with van der Waals surface area (Å²) in [6, 6.07) is -0.248. The van der Waals surface area contributed by atoms with Crippen molar-refractivity contribution in [3.05, 3.63) is 18.7 Å². The van der Waals surface area contributed by atoms with Crippen molar-refractivity contribution in [2.75, 3.05) is 6.54 Å². The second-order valence-electron chi connectivity index (χ2n) is 3.10. The number of carbonyl (C=O) groups is 1. The first-order chi connectivity index (χ1) is 6.74. The summed E-state index contributed by atoms with van der Waals surface area (Å²) in [6.07, 6.45) is 6.00. The fourth-order valence-corrected chi connectivity index (χ4v) is 1.29. The zero-order valence-electron chi connectivity index (χ0n) is 8.31. The molecule has 0 saturated heterocycles. The summed E-state index contributed by atoms with van der Waals surface area (Å²) < 4.78 is 1.92. The van der Waals surface area contributed by atoms with Gasteiger partial charge in [-0.05, 0) is 13.0 Å². The standard InChI is InChI=1S/C9H16N4O/c1-2-12-8(9(10)14)3-5-13-6-4-11-7-13/h4,6-8,12H,2-3,5H2,1H3,(H2,10,14). The Morgan fingerprint density at radius 2 is 2.50 bits per heavy atom. The number of hydrogen-bond acceptors (Lipinski definition) is 3. The fraction of sp³-hybridized carbons (Fsp3) is 0.556. The first kappa shape index (κ1) is 10.7. The molecule has 0 bridgehead atoms. The van der Waals surface area contributed by atoms with E-state index < -0.39 is 0 Å². The molecule has 1 rings (SSSR count). The summed E-state index contributed by atoms with van der Waals surface area (Å²) in [4.78, 5) is 14.9. The molecule has 0 aliphatic carbocycles. The van der Waals surface area contributed by atoms with Crippen LogP contribution in [0.5, 0.6) is 0 Å². The van der Waals surface area contributed by atoms with Crippen LogP contribution in [0, 0.1) is 0 Å².